The average molecular weight is 230 g/mol. The Labute approximate surface area is 94.6 Å². The molecule has 1 saturated heterocycles. The Kier molecular flexibility index (Phi) is 5.04. The van der Waals surface area contributed by atoms with E-state index in [0.29, 0.717) is 39.1 Å². The number of hydrogen-bond acceptors (Lipinski definition) is 3. The fourth-order valence-electron chi connectivity index (χ4n) is 1.70. The number of ether oxygens (including phenoxy) is 1. The molecule has 0 aliphatic carbocycles. The van der Waals surface area contributed by atoms with Gasteiger partial charge in [0.05, 0.1) is 12.5 Å². The minimum absolute atomic E-state index is 0.138. The molecule has 0 aromatic carbocycles. The molecule has 1 aliphatic rings. The van der Waals surface area contributed by atoms with Gasteiger partial charge in [0.2, 0.25) is 0 Å². The lowest BCUT2D eigenvalue weighted by Crippen LogP contribution is -2.46. The largest absolute Gasteiger partial charge is 0.481 e. The van der Waals surface area contributed by atoms with Crippen LogP contribution in [0.3, 0.4) is 0 Å². The number of nitrogens with zero attached hydrogens (tertiary/aromatic N) is 1. The molecule has 16 heavy (non-hydrogen) atoms. The summed E-state index contributed by atoms with van der Waals surface area (Å²) in [7, 11) is 1.57. The Morgan fingerprint density at radius 1 is 1.44 bits per heavy atom. The monoisotopic (exact) mass is 230 g/mol. The van der Waals surface area contributed by atoms with Crippen LogP contribution in [0.25, 0.3) is 0 Å². The summed E-state index contributed by atoms with van der Waals surface area (Å²) in [6.07, 6.45) is 1.07. The van der Waals surface area contributed by atoms with Crippen LogP contribution in [-0.2, 0) is 9.53 Å². The van der Waals surface area contributed by atoms with Crippen molar-refractivity contribution in [3.05, 3.63) is 0 Å². The zero-order valence-corrected chi connectivity index (χ0v) is 9.44. The topological polar surface area (TPSA) is 78.9 Å². The van der Waals surface area contributed by atoms with E-state index in [2.05, 4.69) is 5.32 Å². The van der Waals surface area contributed by atoms with Gasteiger partial charge in [0.1, 0.15) is 0 Å². The Balaban J connectivity index is 2.25. The number of urea groups is 1. The molecule has 92 valence electrons. The van der Waals surface area contributed by atoms with Crippen LogP contribution >= 0.6 is 0 Å². The fourth-order valence-corrected chi connectivity index (χ4v) is 1.70. The molecule has 0 unspecified atom stereocenters. The average Bonchev–Trinajstić information content (AvgIpc) is 2.29. The molecule has 6 heteroatoms. The Bertz CT molecular complexity index is 249. The van der Waals surface area contributed by atoms with Crippen LogP contribution in [0.4, 0.5) is 4.79 Å². The van der Waals surface area contributed by atoms with E-state index in [1.165, 1.54) is 0 Å². The Hall–Kier alpha value is -1.30. The first kappa shape index (κ1) is 12.8. The summed E-state index contributed by atoms with van der Waals surface area (Å²) in [6, 6.07) is -0.138. The Morgan fingerprint density at radius 2 is 2.06 bits per heavy atom. The normalized spacial score (nSPS) is 17.2. The van der Waals surface area contributed by atoms with E-state index in [4.69, 9.17) is 9.84 Å². The molecule has 1 fully saturated rings. The zero-order valence-electron chi connectivity index (χ0n) is 9.44. The molecule has 0 atom stereocenters. The van der Waals surface area contributed by atoms with Gasteiger partial charge in [0, 0.05) is 26.7 Å². The highest BCUT2D eigenvalue weighted by Gasteiger charge is 2.26. The lowest BCUT2D eigenvalue weighted by molar-refractivity contribution is -0.143. The highest BCUT2D eigenvalue weighted by molar-refractivity contribution is 5.75. The number of methoxy groups -OCH3 is 1. The zero-order chi connectivity index (χ0) is 12.0. The first-order chi connectivity index (χ1) is 7.65. The predicted molar refractivity (Wildman–Crippen MR) is 57.2 cm³/mol. The van der Waals surface area contributed by atoms with Crippen molar-refractivity contribution in [3.63, 3.8) is 0 Å². The maximum absolute atomic E-state index is 11.6. The molecule has 6 nitrogen and oxygen atoms in total. The SMILES string of the molecule is COCCNC(=O)N1CCC(C(=O)O)CC1. The summed E-state index contributed by atoms with van der Waals surface area (Å²) >= 11 is 0. The van der Waals surface area contributed by atoms with E-state index < -0.39 is 5.97 Å². The van der Waals surface area contributed by atoms with Crippen molar-refractivity contribution < 1.29 is 19.4 Å². The van der Waals surface area contributed by atoms with Crippen LogP contribution in [0.15, 0.2) is 0 Å². The van der Waals surface area contributed by atoms with Gasteiger partial charge in [-0.05, 0) is 12.8 Å². The third-order valence-corrected chi connectivity index (χ3v) is 2.71. The number of rotatable bonds is 4. The summed E-state index contributed by atoms with van der Waals surface area (Å²) in [5.41, 5.74) is 0. The van der Waals surface area contributed by atoms with E-state index in [9.17, 15) is 9.59 Å². The minimum atomic E-state index is -0.764. The molecular weight excluding hydrogens is 212 g/mol. The molecule has 1 aliphatic heterocycles. The number of hydrogen-bond donors (Lipinski definition) is 2. The van der Waals surface area contributed by atoms with Crippen molar-refractivity contribution in [1.82, 2.24) is 10.2 Å². The van der Waals surface area contributed by atoms with Crippen molar-refractivity contribution in [2.75, 3.05) is 33.4 Å². The van der Waals surface area contributed by atoms with E-state index in [1.54, 1.807) is 12.0 Å². The predicted octanol–water partition coefficient (Wildman–Crippen LogP) is 0.139. The van der Waals surface area contributed by atoms with Crippen molar-refractivity contribution in [2.24, 2.45) is 5.92 Å². The minimum Gasteiger partial charge on any atom is -0.481 e. The molecule has 0 aromatic rings. The number of piperidine rings is 1. The standard InChI is InChI=1S/C10H18N2O4/c1-16-7-4-11-10(15)12-5-2-8(3-6-12)9(13)14/h8H,2-7H2,1H3,(H,11,15)(H,13,14). The molecule has 2 N–H and O–H groups in total. The number of likely N-dealkylation sites (tertiary alicyclic amines) is 1. The number of amides is 2. The second-order valence-corrected chi connectivity index (χ2v) is 3.82. The Morgan fingerprint density at radius 3 is 2.56 bits per heavy atom. The molecule has 0 radical (unpaired) electrons. The van der Waals surface area contributed by atoms with Crippen molar-refractivity contribution in [1.29, 1.82) is 0 Å². The van der Waals surface area contributed by atoms with Gasteiger partial charge < -0.3 is 20.1 Å². The summed E-state index contributed by atoms with van der Waals surface area (Å²) in [6.45, 7) is 1.98. The second-order valence-electron chi connectivity index (χ2n) is 3.82. The molecule has 0 saturated carbocycles. The van der Waals surface area contributed by atoms with Crippen molar-refractivity contribution in [3.8, 4) is 0 Å². The first-order valence-corrected chi connectivity index (χ1v) is 5.39. The number of nitrogens with one attached hydrogen (secondary N) is 1. The molecule has 0 aromatic heterocycles. The number of carbonyl (C=O) groups is 2. The molecule has 1 heterocycles. The third kappa shape index (κ3) is 3.69. The number of aliphatic carboxylic acids is 1. The number of carboxylic acids is 1. The van der Waals surface area contributed by atoms with Crippen LogP contribution < -0.4 is 5.32 Å². The maximum atomic E-state index is 11.6. The lowest BCUT2D eigenvalue weighted by Gasteiger charge is -2.30. The van der Waals surface area contributed by atoms with Crippen LogP contribution in [-0.4, -0.2) is 55.4 Å². The number of carbonyl (C=O) groups excluding carboxylic acids is 1. The van der Waals surface area contributed by atoms with Crippen molar-refractivity contribution >= 4 is 12.0 Å². The molecule has 0 bridgehead atoms. The summed E-state index contributed by atoms with van der Waals surface area (Å²) < 4.78 is 4.82. The van der Waals surface area contributed by atoms with Gasteiger partial charge in [0.15, 0.2) is 0 Å². The van der Waals surface area contributed by atoms with E-state index in [-0.39, 0.29) is 11.9 Å². The lowest BCUT2D eigenvalue weighted by atomic mass is 9.97. The van der Waals surface area contributed by atoms with E-state index >= 15 is 0 Å². The highest BCUT2D eigenvalue weighted by Crippen LogP contribution is 2.16. The molecule has 2 amide bonds. The van der Waals surface area contributed by atoms with E-state index in [0.717, 1.165) is 0 Å². The van der Waals surface area contributed by atoms with Crippen LogP contribution in [0.1, 0.15) is 12.8 Å². The van der Waals surface area contributed by atoms with Gasteiger partial charge >= 0.3 is 12.0 Å². The van der Waals surface area contributed by atoms with Gasteiger partial charge in [-0.1, -0.05) is 0 Å². The third-order valence-electron chi connectivity index (χ3n) is 2.71. The first-order valence-electron chi connectivity index (χ1n) is 5.39. The summed E-state index contributed by atoms with van der Waals surface area (Å²) in [4.78, 5) is 23.9. The van der Waals surface area contributed by atoms with Gasteiger partial charge in [-0.2, -0.15) is 0 Å². The van der Waals surface area contributed by atoms with Gasteiger partial charge in [-0.15, -0.1) is 0 Å². The summed E-state index contributed by atoms with van der Waals surface area (Å²) in [5.74, 6) is -1.07. The van der Waals surface area contributed by atoms with Gasteiger partial charge in [-0.25, -0.2) is 4.79 Å². The van der Waals surface area contributed by atoms with Gasteiger partial charge in [0.25, 0.3) is 0 Å². The second kappa shape index (κ2) is 6.32. The quantitative estimate of drug-likeness (QED) is 0.673. The van der Waals surface area contributed by atoms with Crippen LogP contribution in [0.2, 0.25) is 0 Å². The molecule has 0 spiro atoms. The van der Waals surface area contributed by atoms with Gasteiger partial charge in [-0.3, -0.25) is 4.79 Å². The molecule has 1 rings (SSSR count). The van der Waals surface area contributed by atoms with Crippen molar-refractivity contribution in [2.45, 2.75) is 12.8 Å². The summed E-state index contributed by atoms with van der Waals surface area (Å²) in [5, 5.41) is 11.5. The maximum Gasteiger partial charge on any atom is 0.317 e. The molecular formula is C10H18N2O4. The fraction of sp³-hybridized carbons (Fsp3) is 0.800. The van der Waals surface area contributed by atoms with Crippen LogP contribution in [0.5, 0.6) is 0 Å². The smallest absolute Gasteiger partial charge is 0.317 e. The number of carboxylic acid groups (broad SMARTS) is 1. The van der Waals surface area contributed by atoms with E-state index in [1.807, 2.05) is 0 Å². The van der Waals surface area contributed by atoms with Crippen LogP contribution in [0, 0.1) is 5.92 Å². The highest BCUT2D eigenvalue weighted by atomic mass is 16.5.